The number of benzene rings is 2. The van der Waals surface area contributed by atoms with E-state index in [2.05, 4.69) is 0 Å². The Hall–Kier alpha value is -2.07. The molecular formula is C16H14ClFO3. The van der Waals surface area contributed by atoms with Crippen molar-refractivity contribution in [3.63, 3.8) is 0 Å². The Labute approximate surface area is 127 Å². The summed E-state index contributed by atoms with van der Waals surface area (Å²) in [4.78, 5) is 12.2. The summed E-state index contributed by atoms with van der Waals surface area (Å²) in [5, 5.41) is 0.301. The largest absolute Gasteiger partial charge is 0.493 e. The molecule has 0 fully saturated rings. The lowest BCUT2D eigenvalue weighted by atomic mass is 10.0. The van der Waals surface area contributed by atoms with Crippen LogP contribution in [0.25, 0.3) is 0 Å². The summed E-state index contributed by atoms with van der Waals surface area (Å²) in [6.45, 7) is 0. The van der Waals surface area contributed by atoms with E-state index < -0.39 is 5.82 Å². The molecule has 0 aliphatic carbocycles. The van der Waals surface area contributed by atoms with Gasteiger partial charge in [-0.3, -0.25) is 4.79 Å². The number of Topliss-reactive ketones (excluding diaryl/α,β-unsaturated/α-hetero) is 1. The van der Waals surface area contributed by atoms with E-state index in [0.717, 1.165) is 0 Å². The highest BCUT2D eigenvalue weighted by Gasteiger charge is 2.13. The SMILES string of the molecule is COc1ccc(C(=O)Cc2ccc(Cl)cc2F)cc1OC. The van der Waals surface area contributed by atoms with Gasteiger partial charge in [0.2, 0.25) is 0 Å². The second-order valence-corrected chi connectivity index (χ2v) is 4.84. The quantitative estimate of drug-likeness (QED) is 0.785. The maximum atomic E-state index is 13.7. The van der Waals surface area contributed by atoms with Crippen LogP contribution in [-0.2, 0) is 6.42 Å². The first-order valence-electron chi connectivity index (χ1n) is 6.24. The van der Waals surface area contributed by atoms with E-state index in [9.17, 15) is 9.18 Å². The van der Waals surface area contributed by atoms with Crippen molar-refractivity contribution in [3.8, 4) is 11.5 Å². The second kappa shape index (κ2) is 6.59. The van der Waals surface area contributed by atoms with Gasteiger partial charge in [-0.25, -0.2) is 4.39 Å². The predicted molar refractivity (Wildman–Crippen MR) is 79.0 cm³/mol. The van der Waals surface area contributed by atoms with Gasteiger partial charge in [0, 0.05) is 17.0 Å². The fourth-order valence-electron chi connectivity index (χ4n) is 1.95. The molecule has 0 N–H and O–H groups in total. The van der Waals surface area contributed by atoms with Crippen LogP contribution in [-0.4, -0.2) is 20.0 Å². The number of ketones is 1. The van der Waals surface area contributed by atoms with Gasteiger partial charge in [-0.2, -0.15) is 0 Å². The average Bonchev–Trinajstić information content (AvgIpc) is 2.49. The molecule has 2 aromatic carbocycles. The Bertz CT molecular complexity index is 671. The normalized spacial score (nSPS) is 10.3. The molecule has 3 nitrogen and oxygen atoms in total. The molecule has 0 heterocycles. The Kier molecular flexibility index (Phi) is 4.81. The van der Waals surface area contributed by atoms with Gasteiger partial charge in [-0.15, -0.1) is 0 Å². The molecule has 0 unspecified atom stereocenters. The first-order valence-corrected chi connectivity index (χ1v) is 6.62. The standard InChI is InChI=1S/C16H14ClFO3/c1-20-15-6-4-11(8-16(15)21-2)14(19)7-10-3-5-12(17)9-13(10)18/h3-6,8-9H,7H2,1-2H3. The van der Waals surface area contributed by atoms with Gasteiger partial charge < -0.3 is 9.47 Å². The summed E-state index contributed by atoms with van der Waals surface area (Å²) >= 11 is 5.69. The van der Waals surface area contributed by atoms with Crippen LogP contribution in [0.3, 0.4) is 0 Å². The molecule has 0 amide bonds. The number of halogens is 2. The molecule has 0 aliphatic heterocycles. The third-order valence-corrected chi connectivity index (χ3v) is 3.31. The van der Waals surface area contributed by atoms with Crippen molar-refractivity contribution in [1.29, 1.82) is 0 Å². The van der Waals surface area contributed by atoms with Crippen molar-refractivity contribution in [3.05, 3.63) is 58.4 Å². The highest BCUT2D eigenvalue weighted by atomic mass is 35.5. The summed E-state index contributed by atoms with van der Waals surface area (Å²) in [7, 11) is 3.01. The minimum atomic E-state index is -0.490. The van der Waals surface area contributed by atoms with Gasteiger partial charge in [0.25, 0.3) is 0 Å². The first-order chi connectivity index (χ1) is 10.0. The second-order valence-electron chi connectivity index (χ2n) is 4.41. The maximum absolute atomic E-state index is 13.7. The number of ether oxygens (including phenoxy) is 2. The fourth-order valence-corrected chi connectivity index (χ4v) is 2.11. The van der Waals surface area contributed by atoms with Crippen LogP contribution < -0.4 is 9.47 Å². The molecule has 0 saturated carbocycles. The van der Waals surface area contributed by atoms with Crippen molar-refractivity contribution in [2.45, 2.75) is 6.42 Å². The minimum Gasteiger partial charge on any atom is -0.493 e. The monoisotopic (exact) mass is 308 g/mol. The predicted octanol–water partition coefficient (Wildman–Crippen LogP) is 3.92. The zero-order valence-corrected chi connectivity index (χ0v) is 12.4. The van der Waals surface area contributed by atoms with E-state index >= 15 is 0 Å². The van der Waals surface area contributed by atoms with Crippen molar-refractivity contribution in [2.24, 2.45) is 0 Å². The summed E-state index contributed by atoms with van der Waals surface area (Å²) in [5.41, 5.74) is 0.737. The van der Waals surface area contributed by atoms with Crippen molar-refractivity contribution in [1.82, 2.24) is 0 Å². The van der Waals surface area contributed by atoms with Crippen molar-refractivity contribution in [2.75, 3.05) is 14.2 Å². The lowest BCUT2D eigenvalue weighted by Crippen LogP contribution is -2.06. The minimum absolute atomic E-state index is 0.0432. The zero-order chi connectivity index (χ0) is 15.4. The number of hydrogen-bond acceptors (Lipinski definition) is 3. The number of rotatable bonds is 5. The Balaban J connectivity index is 2.24. The van der Waals surface area contributed by atoms with Crippen LogP contribution in [0, 0.1) is 5.82 Å². The molecule has 0 atom stereocenters. The number of carbonyl (C=O) groups is 1. The molecule has 0 aromatic heterocycles. The van der Waals surface area contributed by atoms with Gasteiger partial charge >= 0.3 is 0 Å². The Morgan fingerprint density at radius 3 is 2.43 bits per heavy atom. The van der Waals surface area contributed by atoms with E-state index in [4.69, 9.17) is 21.1 Å². The molecule has 0 saturated heterocycles. The molecule has 21 heavy (non-hydrogen) atoms. The summed E-state index contributed by atoms with van der Waals surface area (Å²) < 4.78 is 24.0. The summed E-state index contributed by atoms with van der Waals surface area (Å²) in [6, 6.07) is 9.10. The molecule has 5 heteroatoms. The number of hydrogen-bond donors (Lipinski definition) is 0. The average molecular weight is 309 g/mol. The van der Waals surface area contributed by atoms with E-state index in [1.54, 1.807) is 24.3 Å². The molecule has 0 radical (unpaired) electrons. The van der Waals surface area contributed by atoms with Gasteiger partial charge in [-0.05, 0) is 35.9 Å². The third-order valence-electron chi connectivity index (χ3n) is 3.07. The molecule has 0 spiro atoms. The van der Waals surface area contributed by atoms with Crippen LogP contribution in [0.15, 0.2) is 36.4 Å². The van der Waals surface area contributed by atoms with Crippen LogP contribution in [0.4, 0.5) is 4.39 Å². The van der Waals surface area contributed by atoms with Gasteiger partial charge in [0.05, 0.1) is 14.2 Å². The Morgan fingerprint density at radius 1 is 1.10 bits per heavy atom. The highest BCUT2D eigenvalue weighted by Crippen LogP contribution is 2.28. The topological polar surface area (TPSA) is 35.5 Å². The third kappa shape index (κ3) is 3.52. The number of methoxy groups -OCH3 is 2. The van der Waals surface area contributed by atoms with Crippen LogP contribution in [0.2, 0.25) is 5.02 Å². The van der Waals surface area contributed by atoms with E-state index in [-0.39, 0.29) is 12.2 Å². The van der Waals surface area contributed by atoms with E-state index in [0.29, 0.717) is 27.6 Å². The van der Waals surface area contributed by atoms with E-state index in [1.807, 2.05) is 0 Å². The molecule has 0 aliphatic rings. The zero-order valence-electron chi connectivity index (χ0n) is 11.7. The van der Waals surface area contributed by atoms with Gasteiger partial charge in [-0.1, -0.05) is 17.7 Å². The lowest BCUT2D eigenvalue weighted by Gasteiger charge is -2.09. The Morgan fingerprint density at radius 2 is 1.81 bits per heavy atom. The van der Waals surface area contributed by atoms with Gasteiger partial charge in [0.1, 0.15) is 5.82 Å². The van der Waals surface area contributed by atoms with Crippen LogP contribution in [0.5, 0.6) is 11.5 Å². The van der Waals surface area contributed by atoms with E-state index in [1.165, 1.54) is 26.4 Å². The van der Waals surface area contributed by atoms with Crippen molar-refractivity contribution >= 4 is 17.4 Å². The molecular weight excluding hydrogens is 295 g/mol. The summed E-state index contributed by atoms with van der Waals surface area (Å²) in [6.07, 6.45) is -0.0432. The highest BCUT2D eigenvalue weighted by molar-refractivity contribution is 6.30. The fraction of sp³-hybridized carbons (Fsp3) is 0.188. The molecule has 110 valence electrons. The maximum Gasteiger partial charge on any atom is 0.167 e. The summed E-state index contributed by atoms with van der Waals surface area (Å²) in [5.74, 6) is 0.292. The molecule has 2 rings (SSSR count). The van der Waals surface area contributed by atoms with Crippen LogP contribution in [0.1, 0.15) is 15.9 Å². The number of carbonyl (C=O) groups excluding carboxylic acids is 1. The van der Waals surface area contributed by atoms with Crippen LogP contribution >= 0.6 is 11.6 Å². The lowest BCUT2D eigenvalue weighted by molar-refractivity contribution is 0.0991. The van der Waals surface area contributed by atoms with Gasteiger partial charge in [0.15, 0.2) is 17.3 Å². The van der Waals surface area contributed by atoms with Crippen molar-refractivity contribution < 1.29 is 18.7 Å². The smallest absolute Gasteiger partial charge is 0.167 e. The molecule has 0 bridgehead atoms. The molecule has 2 aromatic rings. The first kappa shape index (κ1) is 15.3.